The van der Waals surface area contributed by atoms with Crippen molar-refractivity contribution in [2.24, 2.45) is 0 Å². The topological polar surface area (TPSA) is 63.1 Å². The molecule has 0 bridgehead atoms. The lowest BCUT2D eigenvalue weighted by Crippen LogP contribution is -2.05. The number of carboxylic acids is 1. The van der Waals surface area contributed by atoms with Crippen LogP contribution in [0.4, 0.5) is 0 Å². The highest BCUT2D eigenvalue weighted by atomic mass is 16.4. The molecule has 0 amide bonds. The number of aryl methyl sites for hydroxylation is 1. The molecule has 0 saturated heterocycles. The highest BCUT2D eigenvalue weighted by molar-refractivity contribution is 5.89. The lowest BCUT2D eigenvalue weighted by Gasteiger charge is -2.05. The number of pyridine rings is 2. The SMILES string of the molecule is CCc1nc(-c2ccccn2)ccc1C(=O)O. The quantitative estimate of drug-likeness (QED) is 0.876. The fourth-order valence-corrected chi connectivity index (χ4v) is 1.62. The normalized spacial score (nSPS) is 10.2. The molecule has 0 fully saturated rings. The first-order chi connectivity index (χ1) is 8.22. The summed E-state index contributed by atoms with van der Waals surface area (Å²) in [5.41, 5.74) is 2.29. The first-order valence-electron chi connectivity index (χ1n) is 5.37. The average molecular weight is 228 g/mol. The molecule has 0 aliphatic heterocycles. The molecule has 2 aromatic heterocycles. The number of carboxylic acid groups (broad SMARTS) is 1. The van der Waals surface area contributed by atoms with Crippen molar-refractivity contribution in [1.82, 2.24) is 9.97 Å². The Morgan fingerprint density at radius 1 is 1.24 bits per heavy atom. The van der Waals surface area contributed by atoms with E-state index in [1.165, 1.54) is 0 Å². The Labute approximate surface area is 99.0 Å². The van der Waals surface area contributed by atoms with Crippen molar-refractivity contribution in [3.05, 3.63) is 47.8 Å². The van der Waals surface area contributed by atoms with Gasteiger partial charge in [0.2, 0.25) is 0 Å². The van der Waals surface area contributed by atoms with Gasteiger partial charge in [0.1, 0.15) is 0 Å². The van der Waals surface area contributed by atoms with Gasteiger partial charge in [0, 0.05) is 6.20 Å². The summed E-state index contributed by atoms with van der Waals surface area (Å²) < 4.78 is 0. The maximum Gasteiger partial charge on any atom is 0.337 e. The van der Waals surface area contributed by atoms with Crippen LogP contribution in [0.3, 0.4) is 0 Å². The maximum atomic E-state index is 11.0. The second-order valence-corrected chi connectivity index (χ2v) is 3.56. The van der Waals surface area contributed by atoms with E-state index < -0.39 is 5.97 Å². The minimum Gasteiger partial charge on any atom is -0.478 e. The summed E-state index contributed by atoms with van der Waals surface area (Å²) in [5, 5.41) is 9.00. The Bertz CT molecular complexity index is 538. The molecule has 0 unspecified atom stereocenters. The lowest BCUT2D eigenvalue weighted by molar-refractivity contribution is 0.0695. The summed E-state index contributed by atoms with van der Waals surface area (Å²) >= 11 is 0. The molecule has 0 saturated carbocycles. The van der Waals surface area contributed by atoms with E-state index in [2.05, 4.69) is 9.97 Å². The Morgan fingerprint density at radius 3 is 2.65 bits per heavy atom. The van der Waals surface area contributed by atoms with Crippen LogP contribution >= 0.6 is 0 Å². The molecule has 0 atom stereocenters. The zero-order valence-electron chi connectivity index (χ0n) is 9.42. The van der Waals surface area contributed by atoms with Crippen molar-refractivity contribution in [3.8, 4) is 11.4 Å². The predicted octanol–water partition coefficient (Wildman–Crippen LogP) is 2.40. The molecule has 4 heteroatoms. The van der Waals surface area contributed by atoms with Crippen LogP contribution in [0.25, 0.3) is 11.4 Å². The van der Waals surface area contributed by atoms with E-state index >= 15 is 0 Å². The summed E-state index contributed by atoms with van der Waals surface area (Å²) in [5.74, 6) is -0.943. The second-order valence-electron chi connectivity index (χ2n) is 3.56. The first-order valence-corrected chi connectivity index (χ1v) is 5.37. The van der Waals surface area contributed by atoms with E-state index in [0.717, 1.165) is 5.69 Å². The second kappa shape index (κ2) is 4.74. The number of nitrogens with zero attached hydrogens (tertiary/aromatic N) is 2. The molecule has 0 aliphatic rings. The third kappa shape index (κ3) is 2.30. The van der Waals surface area contributed by atoms with Crippen LogP contribution < -0.4 is 0 Å². The Hall–Kier alpha value is -2.23. The zero-order valence-corrected chi connectivity index (χ0v) is 9.42. The number of aromatic nitrogens is 2. The van der Waals surface area contributed by atoms with Gasteiger partial charge < -0.3 is 5.11 Å². The van der Waals surface area contributed by atoms with E-state index in [0.29, 0.717) is 17.8 Å². The van der Waals surface area contributed by atoms with Gasteiger partial charge in [-0.1, -0.05) is 13.0 Å². The van der Waals surface area contributed by atoms with Gasteiger partial charge in [-0.15, -0.1) is 0 Å². The Kier molecular flexibility index (Phi) is 3.14. The Balaban J connectivity index is 2.49. The minimum atomic E-state index is -0.943. The van der Waals surface area contributed by atoms with Crippen LogP contribution in [0.2, 0.25) is 0 Å². The van der Waals surface area contributed by atoms with E-state index in [1.54, 1.807) is 18.3 Å². The van der Waals surface area contributed by atoms with Gasteiger partial charge >= 0.3 is 5.97 Å². The molecule has 0 aliphatic carbocycles. The van der Waals surface area contributed by atoms with Crippen LogP contribution in [-0.2, 0) is 6.42 Å². The third-order valence-electron chi connectivity index (χ3n) is 2.47. The molecule has 2 heterocycles. The fraction of sp³-hybridized carbons (Fsp3) is 0.154. The van der Waals surface area contributed by atoms with Gasteiger partial charge in [-0.3, -0.25) is 9.97 Å². The molecule has 2 rings (SSSR count). The number of aromatic carboxylic acids is 1. The molecule has 17 heavy (non-hydrogen) atoms. The van der Waals surface area contributed by atoms with E-state index in [4.69, 9.17) is 5.11 Å². The fourth-order valence-electron chi connectivity index (χ4n) is 1.62. The molecule has 0 radical (unpaired) electrons. The Morgan fingerprint density at radius 2 is 2.06 bits per heavy atom. The summed E-state index contributed by atoms with van der Waals surface area (Å²) in [7, 11) is 0. The maximum absolute atomic E-state index is 11.0. The summed E-state index contributed by atoms with van der Waals surface area (Å²) in [6, 6.07) is 8.82. The number of carbonyl (C=O) groups is 1. The van der Waals surface area contributed by atoms with Crippen molar-refractivity contribution < 1.29 is 9.90 Å². The van der Waals surface area contributed by atoms with Gasteiger partial charge in [-0.05, 0) is 30.7 Å². The van der Waals surface area contributed by atoms with E-state index in [9.17, 15) is 4.79 Å². The van der Waals surface area contributed by atoms with Gasteiger partial charge in [-0.25, -0.2) is 4.79 Å². The van der Waals surface area contributed by atoms with Crippen LogP contribution in [0.1, 0.15) is 23.0 Å². The van der Waals surface area contributed by atoms with Crippen LogP contribution in [0.5, 0.6) is 0 Å². The van der Waals surface area contributed by atoms with Gasteiger partial charge in [0.05, 0.1) is 22.6 Å². The van der Waals surface area contributed by atoms with Crippen molar-refractivity contribution in [3.63, 3.8) is 0 Å². The molecular weight excluding hydrogens is 216 g/mol. The van der Waals surface area contributed by atoms with Crippen LogP contribution in [0, 0.1) is 0 Å². The molecule has 2 aromatic rings. The van der Waals surface area contributed by atoms with Crippen molar-refractivity contribution in [2.75, 3.05) is 0 Å². The van der Waals surface area contributed by atoms with Crippen LogP contribution in [-0.4, -0.2) is 21.0 Å². The zero-order chi connectivity index (χ0) is 12.3. The van der Waals surface area contributed by atoms with Crippen LogP contribution in [0.15, 0.2) is 36.5 Å². The summed E-state index contributed by atoms with van der Waals surface area (Å²) in [6.45, 7) is 1.89. The molecule has 0 aromatic carbocycles. The smallest absolute Gasteiger partial charge is 0.337 e. The highest BCUT2D eigenvalue weighted by Crippen LogP contribution is 2.17. The van der Waals surface area contributed by atoms with E-state index in [1.807, 2.05) is 25.1 Å². The van der Waals surface area contributed by atoms with E-state index in [-0.39, 0.29) is 5.56 Å². The molecule has 1 N–H and O–H groups in total. The molecule has 0 spiro atoms. The minimum absolute atomic E-state index is 0.257. The van der Waals surface area contributed by atoms with Crippen molar-refractivity contribution in [2.45, 2.75) is 13.3 Å². The largest absolute Gasteiger partial charge is 0.478 e. The molecule has 86 valence electrons. The summed E-state index contributed by atoms with van der Waals surface area (Å²) in [4.78, 5) is 19.5. The first kappa shape index (κ1) is 11.3. The number of rotatable bonds is 3. The number of hydrogen-bond donors (Lipinski definition) is 1. The standard InChI is InChI=1S/C13H12N2O2/c1-2-10-9(13(16)17)6-7-12(15-10)11-5-3-4-8-14-11/h3-8H,2H2,1H3,(H,16,17). The van der Waals surface area contributed by atoms with Gasteiger partial charge in [-0.2, -0.15) is 0 Å². The molecular formula is C13H12N2O2. The third-order valence-corrected chi connectivity index (χ3v) is 2.47. The van der Waals surface area contributed by atoms with Gasteiger partial charge in [0.15, 0.2) is 0 Å². The average Bonchev–Trinajstić information content (AvgIpc) is 2.39. The predicted molar refractivity (Wildman–Crippen MR) is 63.8 cm³/mol. The van der Waals surface area contributed by atoms with Crippen molar-refractivity contribution >= 4 is 5.97 Å². The molecule has 4 nitrogen and oxygen atoms in total. The van der Waals surface area contributed by atoms with Crippen molar-refractivity contribution in [1.29, 1.82) is 0 Å². The lowest BCUT2D eigenvalue weighted by atomic mass is 10.1. The van der Waals surface area contributed by atoms with Gasteiger partial charge in [0.25, 0.3) is 0 Å². The monoisotopic (exact) mass is 228 g/mol. The summed E-state index contributed by atoms with van der Waals surface area (Å²) in [6.07, 6.45) is 2.27. The number of hydrogen-bond acceptors (Lipinski definition) is 3. The highest BCUT2D eigenvalue weighted by Gasteiger charge is 2.11.